The lowest BCUT2D eigenvalue weighted by Gasteiger charge is -2.55. The van der Waals surface area contributed by atoms with Crippen LogP contribution in [0.1, 0.15) is 108 Å². The lowest BCUT2D eigenvalue weighted by Crippen LogP contribution is -2.64. The highest BCUT2D eigenvalue weighted by Crippen LogP contribution is 2.40. The summed E-state index contributed by atoms with van der Waals surface area (Å²) in [5, 5.41) is 2.31. The molecular weight excluding hydrogens is 352 g/mol. The lowest BCUT2D eigenvalue weighted by molar-refractivity contribution is -0.311. The predicted octanol–water partition coefficient (Wildman–Crippen LogP) is 7.07. The van der Waals surface area contributed by atoms with Crippen molar-refractivity contribution in [1.29, 1.82) is 0 Å². The van der Waals surface area contributed by atoms with E-state index in [9.17, 15) is 0 Å². The maximum Gasteiger partial charge on any atom is 0.0791 e. The van der Waals surface area contributed by atoms with E-state index in [1.807, 2.05) is 13.8 Å². The zero-order valence-electron chi connectivity index (χ0n) is 21.1. The second kappa shape index (κ2) is 17.1. The van der Waals surface area contributed by atoms with Crippen LogP contribution in [0.4, 0.5) is 0 Å². The topological polar surface area (TPSA) is 15.7 Å². The zero-order chi connectivity index (χ0) is 22.3. The Labute approximate surface area is 179 Å². The lowest BCUT2D eigenvalue weighted by atomic mass is 9.78. The Bertz CT molecular complexity index is 302. The van der Waals surface area contributed by atoms with Gasteiger partial charge >= 0.3 is 0 Å². The maximum absolute atomic E-state index is 6.45. The largest absolute Gasteiger partial charge is 0.306 e. The summed E-state index contributed by atoms with van der Waals surface area (Å²) >= 11 is 3.53. The fourth-order valence-electron chi connectivity index (χ4n) is 3.66. The molecule has 3 nitrogen and oxygen atoms in total. The van der Waals surface area contributed by atoms with Gasteiger partial charge in [-0.3, -0.25) is 4.84 Å². The SMILES string of the molecule is CC.CCC.CCCC(CC)ON1C(C)(C)CC(N(C)C)CC1(C)C.CS. The molecule has 1 atom stereocenters. The van der Waals surface area contributed by atoms with Crippen molar-refractivity contribution in [1.82, 2.24) is 9.96 Å². The molecule has 168 valence electrons. The number of hydrogen-bond acceptors (Lipinski definition) is 4. The highest BCUT2D eigenvalue weighted by Gasteiger charge is 2.47. The standard InChI is InChI=1S/C17H36N2O.C3H8.C2H6.CH4S/c1-9-11-15(10-2)20-19-16(3,4)12-14(18(7)8)13-17(19,5)6;1-3-2;2*1-2/h14-15H,9-13H2,1-8H3;3H2,1-2H3;1-2H3;2H,1H3. The van der Waals surface area contributed by atoms with E-state index in [4.69, 9.17) is 4.84 Å². The van der Waals surface area contributed by atoms with E-state index in [0.29, 0.717) is 12.1 Å². The Morgan fingerprint density at radius 1 is 0.963 bits per heavy atom. The van der Waals surface area contributed by atoms with Crippen LogP contribution >= 0.6 is 12.6 Å². The van der Waals surface area contributed by atoms with Crippen LogP contribution in [0, 0.1) is 0 Å². The van der Waals surface area contributed by atoms with Crippen molar-refractivity contribution in [3.8, 4) is 0 Å². The fraction of sp³-hybridized carbons (Fsp3) is 1.00. The minimum Gasteiger partial charge on any atom is -0.306 e. The molecule has 0 bridgehead atoms. The first kappa shape index (κ1) is 31.9. The molecule has 0 N–H and O–H groups in total. The summed E-state index contributed by atoms with van der Waals surface area (Å²) in [6.45, 7) is 22.0. The van der Waals surface area contributed by atoms with Crippen molar-refractivity contribution in [2.45, 2.75) is 131 Å². The Morgan fingerprint density at radius 3 is 1.59 bits per heavy atom. The Hall–Kier alpha value is 0.230. The minimum absolute atomic E-state index is 0.0812. The van der Waals surface area contributed by atoms with E-state index in [1.165, 1.54) is 12.8 Å². The fourth-order valence-corrected chi connectivity index (χ4v) is 3.66. The third kappa shape index (κ3) is 12.4. The summed E-state index contributed by atoms with van der Waals surface area (Å²) in [4.78, 5) is 8.82. The number of piperidine rings is 1. The summed E-state index contributed by atoms with van der Waals surface area (Å²) in [5.41, 5.74) is 0.162. The normalized spacial score (nSPS) is 19.7. The Balaban J connectivity index is -0.000000725. The van der Waals surface area contributed by atoms with Crippen LogP contribution in [0.2, 0.25) is 0 Å². The van der Waals surface area contributed by atoms with Crippen LogP contribution in [0.5, 0.6) is 0 Å². The van der Waals surface area contributed by atoms with Crippen molar-refractivity contribution in [2.75, 3.05) is 20.4 Å². The summed E-state index contributed by atoms with van der Waals surface area (Å²) in [7, 11) is 4.39. The van der Waals surface area contributed by atoms with Gasteiger partial charge in [-0.05, 0) is 73.7 Å². The average Bonchev–Trinajstić information content (AvgIpc) is 2.60. The molecule has 1 rings (SSSR count). The van der Waals surface area contributed by atoms with Gasteiger partial charge in [-0.15, -0.1) is 0 Å². The van der Waals surface area contributed by atoms with Crippen molar-refractivity contribution in [3.63, 3.8) is 0 Å². The molecule has 1 aliphatic heterocycles. The van der Waals surface area contributed by atoms with Crippen LogP contribution in [-0.2, 0) is 4.84 Å². The number of thiol groups is 1. The first-order valence-electron chi connectivity index (χ1n) is 11.1. The van der Waals surface area contributed by atoms with Gasteiger partial charge in [-0.1, -0.05) is 54.4 Å². The molecule has 0 amide bonds. The van der Waals surface area contributed by atoms with Gasteiger partial charge in [0.2, 0.25) is 0 Å². The van der Waals surface area contributed by atoms with E-state index < -0.39 is 0 Å². The van der Waals surface area contributed by atoms with Gasteiger partial charge in [-0.25, -0.2) is 0 Å². The second-order valence-corrected chi connectivity index (χ2v) is 8.58. The number of hydrogen-bond donors (Lipinski definition) is 1. The summed E-state index contributed by atoms with van der Waals surface area (Å²) in [6, 6.07) is 0.631. The smallest absolute Gasteiger partial charge is 0.0791 e. The molecule has 4 heteroatoms. The van der Waals surface area contributed by atoms with Crippen molar-refractivity contribution in [3.05, 3.63) is 0 Å². The first-order chi connectivity index (χ1) is 12.6. The Kier molecular flexibility index (Phi) is 20.2. The van der Waals surface area contributed by atoms with E-state index >= 15 is 0 Å². The van der Waals surface area contributed by atoms with Gasteiger partial charge in [-0.2, -0.15) is 17.7 Å². The average molecular weight is 407 g/mol. The molecule has 0 aromatic carbocycles. The quantitative estimate of drug-likeness (QED) is 0.475. The predicted molar refractivity (Wildman–Crippen MR) is 129 cm³/mol. The summed E-state index contributed by atoms with van der Waals surface area (Å²) < 4.78 is 0. The maximum atomic E-state index is 6.45. The van der Waals surface area contributed by atoms with Crippen molar-refractivity contribution in [2.24, 2.45) is 0 Å². The van der Waals surface area contributed by atoms with Gasteiger partial charge in [0, 0.05) is 17.1 Å². The third-order valence-corrected chi connectivity index (χ3v) is 4.62. The number of nitrogens with zero attached hydrogens (tertiary/aromatic N) is 2. The van der Waals surface area contributed by atoms with Gasteiger partial charge in [0.1, 0.15) is 0 Å². The van der Waals surface area contributed by atoms with E-state index in [0.717, 1.165) is 25.7 Å². The summed E-state index contributed by atoms with van der Waals surface area (Å²) in [5.74, 6) is 0. The van der Waals surface area contributed by atoms with E-state index in [2.05, 4.69) is 92.1 Å². The molecule has 0 aliphatic carbocycles. The molecule has 0 aromatic heterocycles. The van der Waals surface area contributed by atoms with E-state index in [-0.39, 0.29) is 11.1 Å². The van der Waals surface area contributed by atoms with Gasteiger partial charge < -0.3 is 4.90 Å². The van der Waals surface area contributed by atoms with Crippen LogP contribution in [0.3, 0.4) is 0 Å². The van der Waals surface area contributed by atoms with Gasteiger partial charge in [0.15, 0.2) is 0 Å². The molecule has 0 aromatic rings. The molecule has 1 fully saturated rings. The Morgan fingerprint density at radius 2 is 1.33 bits per heavy atom. The number of hydroxylamine groups is 2. The molecule has 0 saturated carbocycles. The van der Waals surface area contributed by atoms with Crippen LogP contribution in [0.25, 0.3) is 0 Å². The number of rotatable bonds is 6. The molecule has 0 radical (unpaired) electrons. The molecule has 1 aliphatic rings. The molecule has 1 saturated heterocycles. The van der Waals surface area contributed by atoms with E-state index in [1.54, 1.807) is 6.26 Å². The van der Waals surface area contributed by atoms with Crippen LogP contribution in [-0.4, -0.2) is 53.5 Å². The molecular formula is C23H54N2OS. The zero-order valence-corrected chi connectivity index (χ0v) is 22.0. The van der Waals surface area contributed by atoms with Gasteiger partial charge in [0.05, 0.1) is 6.10 Å². The molecule has 1 heterocycles. The highest BCUT2D eigenvalue weighted by atomic mass is 32.1. The molecule has 0 spiro atoms. The third-order valence-electron chi connectivity index (χ3n) is 4.62. The minimum atomic E-state index is 0.0812. The van der Waals surface area contributed by atoms with Crippen LogP contribution in [0.15, 0.2) is 0 Å². The first-order valence-corrected chi connectivity index (χ1v) is 12.0. The van der Waals surface area contributed by atoms with Gasteiger partial charge in [0.25, 0.3) is 0 Å². The van der Waals surface area contributed by atoms with Crippen molar-refractivity contribution >= 4 is 12.6 Å². The summed E-state index contributed by atoms with van der Waals surface area (Å²) in [6.07, 6.45) is 9.05. The molecule has 27 heavy (non-hydrogen) atoms. The second-order valence-electron chi connectivity index (χ2n) is 8.58. The van der Waals surface area contributed by atoms with Crippen molar-refractivity contribution < 1.29 is 4.84 Å². The monoisotopic (exact) mass is 406 g/mol. The van der Waals surface area contributed by atoms with Crippen LogP contribution < -0.4 is 0 Å². The highest BCUT2D eigenvalue weighted by molar-refractivity contribution is 7.79. The molecule has 1 unspecified atom stereocenters.